The van der Waals surface area contributed by atoms with Gasteiger partial charge in [0.25, 0.3) is 0 Å². The number of rotatable bonds is 7. The van der Waals surface area contributed by atoms with Gasteiger partial charge in [-0.05, 0) is 49.6 Å². The van der Waals surface area contributed by atoms with Crippen LogP contribution in [0.3, 0.4) is 0 Å². The van der Waals surface area contributed by atoms with Gasteiger partial charge >= 0.3 is 0 Å². The molecule has 2 aromatic carbocycles. The smallest absolute Gasteiger partial charge is 0.132 e. The average Bonchev–Trinajstić information content (AvgIpc) is 2.49. The van der Waals surface area contributed by atoms with Gasteiger partial charge in [0, 0.05) is 10.0 Å². The Labute approximate surface area is 140 Å². The summed E-state index contributed by atoms with van der Waals surface area (Å²) in [6.45, 7) is 4.30. The number of benzene rings is 2. The highest BCUT2D eigenvalue weighted by molar-refractivity contribution is 9.10. The highest BCUT2D eigenvalue weighted by Gasteiger charge is 2.07. The Bertz CT molecular complexity index is 595. The lowest BCUT2D eigenvalue weighted by Gasteiger charge is -2.15. The van der Waals surface area contributed by atoms with Gasteiger partial charge in [-0.25, -0.2) is 4.39 Å². The SMILES string of the molecule is CCCCCC(C)Oc1ccc(-c2ccc(Br)cc2F)cc1. The maximum Gasteiger partial charge on any atom is 0.132 e. The van der Waals surface area contributed by atoms with E-state index < -0.39 is 0 Å². The van der Waals surface area contributed by atoms with Crippen LogP contribution in [0.2, 0.25) is 0 Å². The highest BCUT2D eigenvalue weighted by atomic mass is 79.9. The van der Waals surface area contributed by atoms with Gasteiger partial charge in [-0.3, -0.25) is 0 Å². The van der Waals surface area contributed by atoms with Crippen molar-refractivity contribution < 1.29 is 9.13 Å². The third kappa shape index (κ3) is 4.84. The Hall–Kier alpha value is -1.35. The summed E-state index contributed by atoms with van der Waals surface area (Å²) in [4.78, 5) is 0. The van der Waals surface area contributed by atoms with Gasteiger partial charge in [0.2, 0.25) is 0 Å². The third-order valence-corrected chi connectivity index (χ3v) is 4.14. The van der Waals surface area contributed by atoms with E-state index in [4.69, 9.17) is 4.74 Å². The second kappa shape index (κ2) is 8.33. The van der Waals surface area contributed by atoms with Gasteiger partial charge in [0.15, 0.2) is 0 Å². The van der Waals surface area contributed by atoms with Crippen LogP contribution in [0.4, 0.5) is 4.39 Å². The molecule has 0 aliphatic heterocycles. The molecule has 1 atom stereocenters. The maximum absolute atomic E-state index is 14.0. The van der Waals surface area contributed by atoms with E-state index >= 15 is 0 Å². The number of ether oxygens (including phenoxy) is 1. The van der Waals surface area contributed by atoms with Crippen molar-refractivity contribution >= 4 is 15.9 Å². The lowest BCUT2D eigenvalue weighted by Crippen LogP contribution is -2.11. The van der Waals surface area contributed by atoms with E-state index in [2.05, 4.69) is 29.8 Å². The first-order chi connectivity index (χ1) is 10.6. The Morgan fingerprint density at radius 1 is 1.09 bits per heavy atom. The summed E-state index contributed by atoms with van der Waals surface area (Å²) in [6, 6.07) is 12.7. The fraction of sp³-hybridized carbons (Fsp3) is 0.368. The first-order valence-corrected chi connectivity index (χ1v) is 8.61. The second-order valence-electron chi connectivity index (χ2n) is 5.57. The van der Waals surface area contributed by atoms with Gasteiger partial charge in [-0.1, -0.05) is 53.9 Å². The molecule has 2 rings (SSSR count). The Kier molecular flexibility index (Phi) is 6.44. The van der Waals surface area contributed by atoms with Crippen LogP contribution in [0.5, 0.6) is 5.75 Å². The fourth-order valence-corrected chi connectivity index (χ4v) is 2.74. The molecule has 0 fully saturated rings. The van der Waals surface area contributed by atoms with Gasteiger partial charge < -0.3 is 4.74 Å². The fourth-order valence-electron chi connectivity index (χ4n) is 2.41. The van der Waals surface area contributed by atoms with Gasteiger partial charge in [-0.15, -0.1) is 0 Å². The molecule has 3 heteroatoms. The van der Waals surface area contributed by atoms with Crippen LogP contribution in [0.25, 0.3) is 11.1 Å². The summed E-state index contributed by atoms with van der Waals surface area (Å²) >= 11 is 3.27. The molecule has 22 heavy (non-hydrogen) atoms. The van der Waals surface area contributed by atoms with Crippen molar-refractivity contribution in [3.05, 3.63) is 52.8 Å². The average molecular weight is 365 g/mol. The molecule has 0 radical (unpaired) electrons. The molecule has 0 saturated carbocycles. The molecule has 0 aliphatic rings. The van der Waals surface area contributed by atoms with Gasteiger partial charge in [-0.2, -0.15) is 0 Å². The molecule has 0 bridgehead atoms. The summed E-state index contributed by atoms with van der Waals surface area (Å²) in [6.07, 6.45) is 4.94. The number of halogens is 2. The molecule has 0 spiro atoms. The predicted molar refractivity (Wildman–Crippen MR) is 93.8 cm³/mol. The van der Waals surface area contributed by atoms with E-state index in [0.717, 1.165) is 22.2 Å². The zero-order chi connectivity index (χ0) is 15.9. The van der Waals surface area contributed by atoms with Crippen molar-refractivity contribution in [3.63, 3.8) is 0 Å². The molecule has 0 heterocycles. The lowest BCUT2D eigenvalue weighted by molar-refractivity contribution is 0.206. The molecule has 1 nitrogen and oxygen atoms in total. The molecule has 2 aromatic rings. The predicted octanol–water partition coefficient (Wildman–Crippen LogP) is 6.60. The molecule has 118 valence electrons. The largest absolute Gasteiger partial charge is 0.491 e. The minimum absolute atomic E-state index is 0.210. The van der Waals surface area contributed by atoms with E-state index in [0.29, 0.717) is 5.56 Å². The lowest BCUT2D eigenvalue weighted by atomic mass is 10.1. The van der Waals surface area contributed by atoms with Crippen LogP contribution in [0, 0.1) is 5.82 Å². The molecular weight excluding hydrogens is 343 g/mol. The molecule has 0 N–H and O–H groups in total. The first kappa shape index (κ1) is 17.0. The zero-order valence-electron chi connectivity index (χ0n) is 13.1. The molecule has 0 aliphatic carbocycles. The van der Waals surface area contributed by atoms with E-state index in [1.165, 1.54) is 25.3 Å². The highest BCUT2D eigenvalue weighted by Crippen LogP contribution is 2.27. The normalized spacial score (nSPS) is 12.2. The quantitative estimate of drug-likeness (QED) is 0.502. The van der Waals surface area contributed by atoms with Gasteiger partial charge in [0.1, 0.15) is 11.6 Å². The van der Waals surface area contributed by atoms with Crippen LogP contribution >= 0.6 is 15.9 Å². The minimum atomic E-state index is -0.226. The summed E-state index contributed by atoms with van der Waals surface area (Å²) in [7, 11) is 0. The summed E-state index contributed by atoms with van der Waals surface area (Å²) in [5.74, 6) is 0.612. The Balaban J connectivity index is 2.01. The zero-order valence-corrected chi connectivity index (χ0v) is 14.7. The van der Waals surface area contributed by atoms with E-state index in [1.54, 1.807) is 6.07 Å². The topological polar surface area (TPSA) is 9.23 Å². The van der Waals surface area contributed by atoms with Crippen molar-refractivity contribution in [3.8, 4) is 16.9 Å². The van der Waals surface area contributed by atoms with Crippen molar-refractivity contribution in [2.24, 2.45) is 0 Å². The number of hydrogen-bond acceptors (Lipinski definition) is 1. The van der Waals surface area contributed by atoms with Crippen LogP contribution < -0.4 is 4.74 Å². The molecule has 0 saturated heterocycles. The van der Waals surface area contributed by atoms with Crippen molar-refractivity contribution in [1.29, 1.82) is 0 Å². The van der Waals surface area contributed by atoms with E-state index in [9.17, 15) is 4.39 Å². The number of hydrogen-bond donors (Lipinski definition) is 0. The minimum Gasteiger partial charge on any atom is -0.491 e. The van der Waals surface area contributed by atoms with Crippen molar-refractivity contribution in [2.45, 2.75) is 45.6 Å². The summed E-state index contributed by atoms with van der Waals surface area (Å²) in [5.41, 5.74) is 1.46. The van der Waals surface area contributed by atoms with Crippen molar-refractivity contribution in [1.82, 2.24) is 0 Å². The molecule has 1 unspecified atom stereocenters. The summed E-state index contributed by atoms with van der Waals surface area (Å²) in [5, 5.41) is 0. The Morgan fingerprint density at radius 3 is 2.45 bits per heavy atom. The first-order valence-electron chi connectivity index (χ1n) is 7.82. The van der Waals surface area contributed by atoms with Gasteiger partial charge in [0.05, 0.1) is 6.10 Å². The molecule has 0 aromatic heterocycles. The number of unbranched alkanes of at least 4 members (excludes halogenated alkanes) is 2. The maximum atomic E-state index is 14.0. The van der Waals surface area contributed by atoms with E-state index in [-0.39, 0.29) is 11.9 Å². The summed E-state index contributed by atoms with van der Waals surface area (Å²) < 4.78 is 20.6. The van der Waals surface area contributed by atoms with Crippen molar-refractivity contribution in [2.75, 3.05) is 0 Å². The van der Waals surface area contributed by atoms with Crippen LogP contribution in [-0.2, 0) is 0 Å². The standard InChI is InChI=1S/C19H22BrFO/c1-3-4-5-6-14(2)22-17-10-7-15(8-11-17)18-12-9-16(20)13-19(18)21/h7-14H,3-6H2,1-2H3. The van der Waals surface area contributed by atoms with Crippen LogP contribution in [0.1, 0.15) is 39.5 Å². The van der Waals surface area contributed by atoms with Crippen LogP contribution in [-0.4, -0.2) is 6.10 Å². The third-order valence-electron chi connectivity index (χ3n) is 3.65. The van der Waals surface area contributed by atoms with E-state index in [1.807, 2.05) is 30.3 Å². The molecular formula is C19H22BrFO. The monoisotopic (exact) mass is 364 g/mol. The Morgan fingerprint density at radius 2 is 1.82 bits per heavy atom. The molecule has 0 amide bonds. The second-order valence-corrected chi connectivity index (χ2v) is 6.49. The van der Waals surface area contributed by atoms with Crippen LogP contribution in [0.15, 0.2) is 46.9 Å².